The van der Waals surface area contributed by atoms with E-state index in [2.05, 4.69) is 11.5 Å². The summed E-state index contributed by atoms with van der Waals surface area (Å²) < 4.78 is 13.0. The lowest BCUT2D eigenvalue weighted by Crippen LogP contribution is -2.24. The Hall–Kier alpha value is -2.01. The fourth-order valence-electron chi connectivity index (χ4n) is 3.75. The molecule has 23 heavy (non-hydrogen) atoms. The van der Waals surface area contributed by atoms with E-state index in [0.717, 1.165) is 48.4 Å². The van der Waals surface area contributed by atoms with Gasteiger partial charge in [0.15, 0.2) is 0 Å². The first-order valence-corrected chi connectivity index (χ1v) is 8.04. The van der Waals surface area contributed by atoms with Gasteiger partial charge in [-0.2, -0.15) is 0 Å². The van der Waals surface area contributed by atoms with Gasteiger partial charge in [0, 0.05) is 36.4 Å². The average Bonchev–Trinajstić information content (AvgIpc) is 2.86. The normalized spacial score (nSPS) is 17.3. The van der Waals surface area contributed by atoms with Gasteiger partial charge in [-0.05, 0) is 44.7 Å². The SMILES string of the molecule is COc1ccc2c(C(=O)O)c(C)n(C(C)C3CCOCC3)c2c1. The van der Waals surface area contributed by atoms with Crippen molar-refractivity contribution in [3.05, 3.63) is 29.5 Å². The van der Waals surface area contributed by atoms with Crippen LogP contribution in [0.3, 0.4) is 0 Å². The summed E-state index contributed by atoms with van der Waals surface area (Å²) in [6, 6.07) is 5.82. The Balaban J connectivity index is 2.17. The summed E-state index contributed by atoms with van der Waals surface area (Å²) in [5.41, 5.74) is 2.12. The highest BCUT2D eigenvalue weighted by Gasteiger charge is 2.27. The van der Waals surface area contributed by atoms with Crippen LogP contribution in [0.25, 0.3) is 10.9 Å². The average molecular weight is 317 g/mol. The molecule has 2 heterocycles. The number of methoxy groups -OCH3 is 1. The molecule has 1 aromatic carbocycles. The van der Waals surface area contributed by atoms with Crippen molar-refractivity contribution in [2.45, 2.75) is 32.7 Å². The smallest absolute Gasteiger partial charge is 0.338 e. The predicted molar refractivity (Wildman–Crippen MR) is 88.4 cm³/mol. The summed E-state index contributed by atoms with van der Waals surface area (Å²) in [7, 11) is 1.63. The third-order valence-corrected chi connectivity index (χ3v) is 5.03. The Labute approximate surface area is 135 Å². The summed E-state index contributed by atoms with van der Waals surface area (Å²) in [6.07, 6.45) is 2.01. The van der Waals surface area contributed by atoms with Crippen LogP contribution in [-0.4, -0.2) is 36.0 Å². The molecule has 1 aliphatic heterocycles. The minimum absolute atomic E-state index is 0.224. The van der Waals surface area contributed by atoms with Crippen molar-refractivity contribution in [2.75, 3.05) is 20.3 Å². The number of benzene rings is 1. The largest absolute Gasteiger partial charge is 0.497 e. The highest BCUT2D eigenvalue weighted by atomic mass is 16.5. The summed E-state index contributed by atoms with van der Waals surface area (Å²) in [4.78, 5) is 11.7. The number of carboxylic acid groups (broad SMARTS) is 1. The summed E-state index contributed by atoms with van der Waals surface area (Å²) in [5, 5.41) is 10.4. The van der Waals surface area contributed by atoms with Crippen molar-refractivity contribution < 1.29 is 19.4 Å². The summed E-state index contributed by atoms with van der Waals surface area (Å²) >= 11 is 0. The highest BCUT2D eigenvalue weighted by Crippen LogP contribution is 2.36. The lowest BCUT2D eigenvalue weighted by molar-refractivity contribution is 0.0515. The fourth-order valence-corrected chi connectivity index (χ4v) is 3.75. The van der Waals surface area contributed by atoms with E-state index in [9.17, 15) is 9.90 Å². The molecule has 2 aromatic rings. The molecule has 0 amide bonds. The molecule has 1 unspecified atom stereocenters. The molecule has 1 aliphatic rings. The van der Waals surface area contributed by atoms with Crippen molar-refractivity contribution in [3.63, 3.8) is 0 Å². The third-order valence-electron chi connectivity index (χ3n) is 5.03. The first-order valence-electron chi connectivity index (χ1n) is 8.04. The summed E-state index contributed by atoms with van der Waals surface area (Å²) in [5.74, 6) is 0.355. The maximum absolute atomic E-state index is 11.7. The van der Waals surface area contributed by atoms with Gasteiger partial charge in [0.05, 0.1) is 18.2 Å². The van der Waals surface area contributed by atoms with Crippen LogP contribution in [0, 0.1) is 12.8 Å². The van der Waals surface area contributed by atoms with Gasteiger partial charge in [-0.15, -0.1) is 0 Å². The monoisotopic (exact) mass is 317 g/mol. The van der Waals surface area contributed by atoms with Gasteiger partial charge in [0.25, 0.3) is 0 Å². The lowest BCUT2D eigenvalue weighted by atomic mass is 9.92. The first-order chi connectivity index (χ1) is 11.0. The topological polar surface area (TPSA) is 60.7 Å². The van der Waals surface area contributed by atoms with Gasteiger partial charge < -0.3 is 19.1 Å². The Morgan fingerprint density at radius 3 is 2.70 bits per heavy atom. The molecule has 0 saturated carbocycles. The van der Waals surface area contributed by atoms with Gasteiger partial charge in [0.2, 0.25) is 0 Å². The van der Waals surface area contributed by atoms with E-state index in [-0.39, 0.29) is 6.04 Å². The minimum Gasteiger partial charge on any atom is -0.497 e. The van der Waals surface area contributed by atoms with E-state index >= 15 is 0 Å². The van der Waals surface area contributed by atoms with Crippen LogP contribution in [0.1, 0.15) is 41.9 Å². The third kappa shape index (κ3) is 2.70. The lowest BCUT2D eigenvalue weighted by Gasteiger charge is -2.30. The Kier molecular flexibility index (Phi) is 4.31. The van der Waals surface area contributed by atoms with Crippen LogP contribution in [0.4, 0.5) is 0 Å². The van der Waals surface area contributed by atoms with Crippen molar-refractivity contribution in [3.8, 4) is 5.75 Å². The molecule has 1 atom stereocenters. The second kappa shape index (κ2) is 6.24. The number of aromatic carboxylic acids is 1. The quantitative estimate of drug-likeness (QED) is 0.935. The zero-order valence-corrected chi connectivity index (χ0v) is 13.8. The predicted octanol–water partition coefficient (Wildman–Crippen LogP) is 3.64. The highest BCUT2D eigenvalue weighted by molar-refractivity contribution is 6.05. The molecule has 1 aromatic heterocycles. The van der Waals surface area contributed by atoms with Gasteiger partial charge in [-0.1, -0.05) is 0 Å². The first kappa shape index (κ1) is 15.9. The van der Waals surface area contributed by atoms with Gasteiger partial charge in [-0.3, -0.25) is 0 Å². The van der Waals surface area contributed by atoms with Crippen LogP contribution in [-0.2, 0) is 4.74 Å². The molecule has 5 nitrogen and oxygen atoms in total. The van der Waals surface area contributed by atoms with E-state index in [1.807, 2.05) is 25.1 Å². The van der Waals surface area contributed by atoms with E-state index in [1.54, 1.807) is 7.11 Å². The number of carboxylic acids is 1. The van der Waals surface area contributed by atoms with Crippen molar-refractivity contribution >= 4 is 16.9 Å². The number of nitrogens with zero attached hydrogens (tertiary/aromatic N) is 1. The number of ether oxygens (including phenoxy) is 2. The molecule has 1 fully saturated rings. The molecular weight excluding hydrogens is 294 g/mol. The van der Waals surface area contributed by atoms with E-state index < -0.39 is 5.97 Å². The van der Waals surface area contributed by atoms with Gasteiger partial charge in [0.1, 0.15) is 5.75 Å². The van der Waals surface area contributed by atoms with Crippen LogP contribution in [0.5, 0.6) is 5.75 Å². The van der Waals surface area contributed by atoms with E-state index in [4.69, 9.17) is 9.47 Å². The number of aromatic nitrogens is 1. The maximum atomic E-state index is 11.7. The minimum atomic E-state index is -0.879. The van der Waals surface area contributed by atoms with Crippen molar-refractivity contribution in [1.29, 1.82) is 0 Å². The van der Waals surface area contributed by atoms with Crippen LogP contribution >= 0.6 is 0 Å². The molecule has 5 heteroatoms. The van der Waals surface area contributed by atoms with Gasteiger partial charge >= 0.3 is 5.97 Å². The molecular formula is C18H23NO4. The Morgan fingerprint density at radius 1 is 1.39 bits per heavy atom. The zero-order chi connectivity index (χ0) is 16.6. The molecule has 0 bridgehead atoms. The second-order valence-electron chi connectivity index (χ2n) is 6.21. The number of hydrogen-bond acceptors (Lipinski definition) is 3. The van der Waals surface area contributed by atoms with Crippen molar-refractivity contribution in [2.24, 2.45) is 5.92 Å². The maximum Gasteiger partial charge on any atom is 0.338 e. The molecule has 1 N–H and O–H groups in total. The Morgan fingerprint density at radius 2 is 2.09 bits per heavy atom. The van der Waals surface area contributed by atoms with Crippen molar-refractivity contribution in [1.82, 2.24) is 4.57 Å². The molecule has 0 spiro atoms. The second-order valence-corrected chi connectivity index (χ2v) is 6.21. The summed E-state index contributed by atoms with van der Waals surface area (Å²) in [6.45, 7) is 5.63. The number of carbonyl (C=O) groups is 1. The van der Waals surface area contributed by atoms with E-state index in [1.165, 1.54) is 0 Å². The number of fused-ring (bicyclic) bond motifs is 1. The van der Waals surface area contributed by atoms with Crippen LogP contribution in [0.15, 0.2) is 18.2 Å². The fraction of sp³-hybridized carbons (Fsp3) is 0.500. The van der Waals surface area contributed by atoms with E-state index in [0.29, 0.717) is 11.5 Å². The molecule has 0 aliphatic carbocycles. The number of hydrogen-bond donors (Lipinski definition) is 1. The zero-order valence-electron chi connectivity index (χ0n) is 13.8. The molecule has 124 valence electrons. The van der Waals surface area contributed by atoms with Crippen LogP contribution in [0.2, 0.25) is 0 Å². The van der Waals surface area contributed by atoms with Crippen LogP contribution < -0.4 is 4.74 Å². The Bertz CT molecular complexity index is 728. The molecule has 3 rings (SSSR count). The molecule has 0 radical (unpaired) electrons. The number of rotatable bonds is 4. The standard InChI is InChI=1S/C18H23NO4/c1-11(13-6-8-23-9-7-13)19-12(2)17(18(20)21)15-5-4-14(22-3)10-16(15)19/h4-5,10-11,13H,6-9H2,1-3H3,(H,20,21). The van der Waals surface area contributed by atoms with Gasteiger partial charge in [-0.25, -0.2) is 4.79 Å². The molecule has 1 saturated heterocycles.